The van der Waals surface area contributed by atoms with Crippen molar-refractivity contribution in [2.45, 2.75) is 26.2 Å². The van der Waals surface area contributed by atoms with Crippen molar-refractivity contribution in [2.24, 2.45) is 24.6 Å². The fourth-order valence-corrected chi connectivity index (χ4v) is 2.61. The lowest BCUT2D eigenvalue weighted by Gasteiger charge is -2.17. The van der Waals surface area contributed by atoms with Crippen LogP contribution in [-0.4, -0.2) is 22.2 Å². The Morgan fingerprint density at radius 2 is 2.33 bits per heavy atom. The second-order valence-electron chi connectivity index (χ2n) is 4.82. The van der Waals surface area contributed by atoms with Crippen molar-refractivity contribution in [3.05, 3.63) is 11.8 Å². The van der Waals surface area contributed by atoms with Gasteiger partial charge in [0.05, 0.1) is 5.69 Å². The molecule has 2 atom stereocenters. The molecular formula is C12H21ClN4O. The van der Waals surface area contributed by atoms with Gasteiger partial charge < -0.3 is 11.1 Å². The molecule has 18 heavy (non-hydrogen) atoms. The lowest BCUT2D eigenvalue weighted by molar-refractivity contribution is -0.120. The third-order valence-corrected chi connectivity index (χ3v) is 3.55. The largest absolute Gasteiger partial charge is 0.330 e. The Balaban J connectivity index is 0.00000162. The van der Waals surface area contributed by atoms with Crippen molar-refractivity contribution in [1.29, 1.82) is 0 Å². The van der Waals surface area contributed by atoms with E-state index in [4.69, 9.17) is 5.73 Å². The number of nitrogens with one attached hydrogen (secondary N) is 1. The summed E-state index contributed by atoms with van der Waals surface area (Å²) in [5.41, 5.74) is 6.60. The topological polar surface area (TPSA) is 72.9 Å². The molecule has 102 valence electrons. The summed E-state index contributed by atoms with van der Waals surface area (Å²) in [6.45, 7) is 2.51. The van der Waals surface area contributed by atoms with Crippen LogP contribution in [0.3, 0.4) is 0 Å². The zero-order valence-corrected chi connectivity index (χ0v) is 11.7. The SMILES string of the molecule is Cc1cc(NC(=O)[C@@H]2CCC[C@@H]2CN)n(C)n1.Cl. The van der Waals surface area contributed by atoms with Crippen molar-refractivity contribution >= 4 is 24.1 Å². The Bertz CT molecular complexity index is 418. The number of aromatic nitrogens is 2. The molecule has 3 N–H and O–H groups in total. The van der Waals surface area contributed by atoms with Crippen LogP contribution in [0.1, 0.15) is 25.0 Å². The maximum atomic E-state index is 12.1. The molecule has 1 amide bonds. The van der Waals surface area contributed by atoms with Gasteiger partial charge in [0.25, 0.3) is 0 Å². The number of anilines is 1. The van der Waals surface area contributed by atoms with Crippen LogP contribution >= 0.6 is 12.4 Å². The average Bonchev–Trinajstić information content (AvgIpc) is 2.85. The van der Waals surface area contributed by atoms with Crippen LogP contribution < -0.4 is 11.1 Å². The minimum absolute atomic E-state index is 0. The van der Waals surface area contributed by atoms with E-state index in [9.17, 15) is 4.79 Å². The van der Waals surface area contributed by atoms with Crippen molar-refractivity contribution in [3.8, 4) is 0 Å². The molecule has 0 unspecified atom stereocenters. The monoisotopic (exact) mass is 272 g/mol. The van der Waals surface area contributed by atoms with Crippen LogP contribution in [0, 0.1) is 18.8 Å². The molecule has 0 radical (unpaired) electrons. The molecule has 1 fully saturated rings. The molecular weight excluding hydrogens is 252 g/mol. The summed E-state index contributed by atoms with van der Waals surface area (Å²) < 4.78 is 1.69. The number of hydrogen-bond acceptors (Lipinski definition) is 3. The van der Waals surface area contributed by atoms with E-state index in [2.05, 4.69) is 10.4 Å². The highest BCUT2D eigenvalue weighted by Gasteiger charge is 2.32. The van der Waals surface area contributed by atoms with Gasteiger partial charge in [-0.3, -0.25) is 9.48 Å². The van der Waals surface area contributed by atoms with Gasteiger partial charge in [0.2, 0.25) is 5.91 Å². The van der Waals surface area contributed by atoms with E-state index in [0.29, 0.717) is 12.5 Å². The van der Waals surface area contributed by atoms with Crippen molar-refractivity contribution < 1.29 is 4.79 Å². The lowest BCUT2D eigenvalue weighted by Crippen LogP contribution is -2.30. The minimum Gasteiger partial charge on any atom is -0.330 e. The first kappa shape index (κ1) is 15.0. The molecule has 1 aromatic rings. The Kier molecular flexibility index (Phi) is 5.16. The number of carbonyl (C=O) groups is 1. The molecule has 0 aliphatic heterocycles. The Labute approximate surface area is 114 Å². The van der Waals surface area contributed by atoms with E-state index in [-0.39, 0.29) is 24.2 Å². The lowest BCUT2D eigenvalue weighted by atomic mass is 9.95. The summed E-state index contributed by atoms with van der Waals surface area (Å²) in [5, 5.41) is 7.15. The number of carbonyl (C=O) groups excluding carboxylic acids is 1. The van der Waals surface area contributed by atoms with E-state index in [1.807, 2.05) is 20.0 Å². The number of hydrogen-bond donors (Lipinski definition) is 2. The van der Waals surface area contributed by atoms with Gasteiger partial charge in [-0.15, -0.1) is 12.4 Å². The predicted molar refractivity (Wildman–Crippen MR) is 73.7 cm³/mol. The molecule has 1 aliphatic rings. The van der Waals surface area contributed by atoms with Gasteiger partial charge >= 0.3 is 0 Å². The first-order valence-corrected chi connectivity index (χ1v) is 6.13. The molecule has 1 aromatic heterocycles. The van der Waals surface area contributed by atoms with E-state index in [1.54, 1.807) is 4.68 Å². The van der Waals surface area contributed by atoms with Crippen LogP contribution in [0.25, 0.3) is 0 Å². The smallest absolute Gasteiger partial charge is 0.228 e. The Morgan fingerprint density at radius 3 is 2.89 bits per heavy atom. The molecule has 2 rings (SSSR count). The van der Waals surface area contributed by atoms with Crippen LogP contribution in [0.15, 0.2) is 6.07 Å². The zero-order valence-electron chi connectivity index (χ0n) is 10.8. The van der Waals surface area contributed by atoms with Crippen molar-refractivity contribution in [1.82, 2.24) is 9.78 Å². The highest BCUT2D eigenvalue weighted by Crippen LogP contribution is 2.31. The molecule has 5 nitrogen and oxygen atoms in total. The third-order valence-electron chi connectivity index (χ3n) is 3.55. The molecule has 0 bridgehead atoms. The van der Waals surface area contributed by atoms with Gasteiger partial charge in [-0.25, -0.2) is 0 Å². The third kappa shape index (κ3) is 3.03. The van der Waals surface area contributed by atoms with Gasteiger partial charge in [-0.1, -0.05) is 6.42 Å². The average molecular weight is 273 g/mol. The molecule has 0 aromatic carbocycles. The van der Waals surface area contributed by atoms with E-state index >= 15 is 0 Å². The van der Waals surface area contributed by atoms with E-state index in [0.717, 1.165) is 30.8 Å². The van der Waals surface area contributed by atoms with Gasteiger partial charge in [0, 0.05) is 19.0 Å². The van der Waals surface area contributed by atoms with Crippen LogP contribution in [0.4, 0.5) is 5.82 Å². The molecule has 0 saturated heterocycles. The fraction of sp³-hybridized carbons (Fsp3) is 0.667. The normalized spacial score (nSPS) is 22.6. The molecule has 1 aliphatic carbocycles. The zero-order chi connectivity index (χ0) is 12.4. The predicted octanol–water partition coefficient (Wildman–Crippen LogP) is 1.46. The van der Waals surface area contributed by atoms with Crippen LogP contribution in [-0.2, 0) is 11.8 Å². The summed E-state index contributed by atoms with van der Waals surface area (Å²) in [7, 11) is 1.83. The number of amides is 1. The summed E-state index contributed by atoms with van der Waals surface area (Å²) >= 11 is 0. The van der Waals surface area contributed by atoms with Crippen molar-refractivity contribution in [2.75, 3.05) is 11.9 Å². The molecule has 1 heterocycles. The van der Waals surface area contributed by atoms with Crippen LogP contribution in [0.5, 0.6) is 0 Å². The molecule has 1 saturated carbocycles. The summed E-state index contributed by atoms with van der Waals surface area (Å²) in [6.07, 6.45) is 3.12. The first-order valence-electron chi connectivity index (χ1n) is 6.13. The highest BCUT2D eigenvalue weighted by molar-refractivity contribution is 5.92. The van der Waals surface area contributed by atoms with Gasteiger partial charge in [0.1, 0.15) is 5.82 Å². The fourth-order valence-electron chi connectivity index (χ4n) is 2.61. The van der Waals surface area contributed by atoms with E-state index in [1.165, 1.54) is 0 Å². The van der Waals surface area contributed by atoms with E-state index < -0.39 is 0 Å². The number of rotatable bonds is 3. The number of aryl methyl sites for hydroxylation is 2. The Hall–Kier alpha value is -1.07. The minimum atomic E-state index is 0. The van der Waals surface area contributed by atoms with Crippen molar-refractivity contribution in [3.63, 3.8) is 0 Å². The van der Waals surface area contributed by atoms with Crippen LogP contribution in [0.2, 0.25) is 0 Å². The summed E-state index contributed by atoms with van der Waals surface area (Å²) in [5.74, 6) is 1.25. The standard InChI is InChI=1S/C12H20N4O.ClH/c1-8-6-11(16(2)15-8)14-12(17)10-5-3-4-9(10)7-13;/h6,9-10H,3-5,7,13H2,1-2H3,(H,14,17);1H/t9-,10-;/m1./s1. The second-order valence-corrected chi connectivity index (χ2v) is 4.82. The number of nitrogens with two attached hydrogens (primary N) is 1. The summed E-state index contributed by atoms with van der Waals surface area (Å²) in [4.78, 5) is 12.1. The number of halogens is 1. The van der Waals surface area contributed by atoms with Gasteiger partial charge in [-0.2, -0.15) is 5.10 Å². The number of nitrogens with zero attached hydrogens (tertiary/aromatic N) is 2. The molecule has 6 heteroatoms. The maximum Gasteiger partial charge on any atom is 0.228 e. The van der Waals surface area contributed by atoms with Gasteiger partial charge in [0.15, 0.2) is 0 Å². The second kappa shape index (κ2) is 6.20. The quantitative estimate of drug-likeness (QED) is 0.875. The van der Waals surface area contributed by atoms with Gasteiger partial charge in [-0.05, 0) is 32.2 Å². The highest BCUT2D eigenvalue weighted by atomic mass is 35.5. The Morgan fingerprint density at radius 1 is 1.61 bits per heavy atom. The maximum absolute atomic E-state index is 12.1. The summed E-state index contributed by atoms with van der Waals surface area (Å²) in [6, 6.07) is 1.88. The first-order chi connectivity index (χ1) is 8.11. The molecule has 0 spiro atoms.